The van der Waals surface area contributed by atoms with Crippen molar-refractivity contribution in [3.05, 3.63) is 53.3 Å². The molecule has 0 amide bonds. The lowest BCUT2D eigenvalue weighted by Gasteiger charge is -2.05. The maximum Gasteiger partial charge on any atom is 0.153 e. The number of benzene rings is 1. The Hall–Kier alpha value is -1.90. The molecule has 3 heteroatoms. The molecule has 0 aliphatic heterocycles. The van der Waals surface area contributed by atoms with Gasteiger partial charge >= 0.3 is 0 Å². The molecule has 0 N–H and O–H groups in total. The van der Waals surface area contributed by atoms with Gasteiger partial charge in [0, 0.05) is 12.1 Å². The van der Waals surface area contributed by atoms with E-state index >= 15 is 0 Å². The first-order valence-corrected chi connectivity index (χ1v) is 6.93. The van der Waals surface area contributed by atoms with Gasteiger partial charge in [0.1, 0.15) is 0 Å². The fraction of sp³-hybridized carbons (Fsp3) is 0.375. The highest BCUT2D eigenvalue weighted by atomic mass is 16.1. The van der Waals surface area contributed by atoms with Crippen molar-refractivity contribution in [3.8, 4) is 0 Å². The maximum atomic E-state index is 11.2. The van der Waals surface area contributed by atoms with E-state index in [1.165, 1.54) is 31.2 Å². The predicted octanol–water partition coefficient (Wildman–Crippen LogP) is 3.40. The molecule has 0 radical (unpaired) electrons. The maximum absolute atomic E-state index is 11.2. The van der Waals surface area contributed by atoms with Gasteiger partial charge in [-0.1, -0.05) is 43.2 Å². The van der Waals surface area contributed by atoms with Crippen LogP contribution in [0.1, 0.15) is 53.2 Å². The molecule has 98 valence electrons. The third-order valence-corrected chi connectivity index (χ3v) is 3.88. The first kappa shape index (κ1) is 12.2. The van der Waals surface area contributed by atoms with E-state index in [0.29, 0.717) is 5.92 Å². The molecule has 0 bridgehead atoms. The zero-order valence-electron chi connectivity index (χ0n) is 11.0. The number of hydrogen-bond acceptors (Lipinski definition) is 2. The largest absolute Gasteiger partial charge is 0.298 e. The molecular formula is C16H18N2O. The third-order valence-electron chi connectivity index (χ3n) is 3.88. The average molecular weight is 254 g/mol. The summed E-state index contributed by atoms with van der Waals surface area (Å²) in [5.41, 5.74) is 2.98. The Labute approximate surface area is 113 Å². The summed E-state index contributed by atoms with van der Waals surface area (Å²) < 4.78 is 1.90. The average Bonchev–Trinajstić information content (AvgIpc) is 3.08. The van der Waals surface area contributed by atoms with Crippen LogP contribution in [0.2, 0.25) is 0 Å². The molecule has 19 heavy (non-hydrogen) atoms. The summed E-state index contributed by atoms with van der Waals surface area (Å²) in [7, 11) is 0. The molecule has 2 aromatic rings. The van der Waals surface area contributed by atoms with Gasteiger partial charge in [-0.25, -0.2) is 0 Å². The van der Waals surface area contributed by atoms with E-state index in [1.807, 2.05) is 29.1 Å². The second-order valence-corrected chi connectivity index (χ2v) is 5.25. The molecule has 1 heterocycles. The first-order chi connectivity index (χ1) is 9.36. The molecule has 0 unspecified atom stereocenters. The van der Waals surface area contributed by atoms with Crippen LogP contribution >= 0.6 is 0 Å². The zero-order valence-corrected chi connectivity index (χ0v) is 11.0. The highest BCUT2D eigenvalue weighted by molar-refractivity contribution is 5.76. The SMILES string of the molecule is O=Cc1cn(Cc2ccccc2)nc1C1CCCC1. The summed E-state index contributed by atoms with van der Waals surface area (Å²) in [6, 6.07) is 10.2. The van der Waals surface area contributed by atoms with Gasteiger partial charge in [-0.15, -0.1) is 0 Å². The normalized spacial score (nSPS) is 15.8. The molecule has 3 rings (SSSR count). The number of rotatable bonds is 4. The Morgan fingerprint density at radius 2 is 1.95 bits per heavy atom. The van der Waals surface area contributed by atoms with E-state index in [-0.39, 0.29) is 0 Å². The minimum Gasteiger partial charge on any atom is -0.298 e. The van der Waals surface area contributed by atoms with Crippen molar-refractivity contribution in [2.75, 3.05) is 0 Å². The predicted molar refractivity (Wildman–Crippen MR) is 74.4 cm³/mol. The molecule has 1 aliphatic carbocycles. The molecule has 1 aromatic heterocycles. The van der Waals surface area contributed by atoms with Crippen LogP contribution in [0.15, 0.2) is 36.5 Å². The molecule has 0 saturated heterocycles. The van der Waals surface area contributed by atoms with Crippen molar-refractivity contribution in [1.29, 1.82) is 0 Å². The first-order valence-electron chi connectivity index (χ1n) is 6.93. The Morgan fingerprint density at radius 1 is 1.21 bits per heavy atom. The van der Waals surface area contributed by atoms with E-state index < -0.39 is 0 Å². The lowest BCUT2D eigenvalue weighted by atomic mass is 10.0. The van der Waals surface area contributed by atoms with Gasteiger partial charge in [-0.3, -0.25) is 9.48 Å². The Balaban J connectivity index is 1.84. The van der Waals surface area contributed by atoms with E-state index in [4.69, 9.17) is 0 Å². The fourth-order valence-electron chi connectivity index (χ4n) is 2.91. The van der Waals surface area contributed by atoms with Crippen LogP contribution in [-0.2, 0) is 6.54 Å². The van der Waals surface area contributed by atoms with E-state index in [2.05, 4.69) is 17.2 Å². The van der Waals surface area contributed by atoms with Crippen LogP contribution in [0.25, 0.3) is 0 Å². The number of aldehydes is 1. The summed E-state index contributed by atoms with van der Waals surface area (Å²) >= 11 is 0. The van der Waals surface area contributed by atoms with Crippen LogP contribution in [-0.4, -0.2) is 16.1 Å². The monoisotopic (exact) mass is 254 g/mol. The molecular weight excluding hydrogens is 236 g/mol. The third kappa shape index (κ3) is 2.60. The van der Waals surface area contributed by atoms with E-state index in [1.54, 1.807) is 0 Å². The quantitative estimate of drug-likeness (QED) is 0.784. The van der Waals surface area contributed by atoms with Crippen molar-refractivity contribution in [2.24, 2.45) is 0 Å². The van der Waals surface area contributed by atoms with Crippen molar-refractivity contribution in [3.63, 3.8) is 0 Å². The van der Waals surface area contributed by atoms with Gasteiger partial charge in [0.15, 0.2) is 6.29 Å². The van der Waals surface area contributed by atoms with Gasteiger partial charge in [0.2, 0.25) is 0 Å². The van der Waals surface area contributed by atoms with Crippen LogP contribution < -0.4 is 0 Å². The van der Waals surface area contributed by atoms with Gasteiger partial charge in [-0.05, 0) is 18.4 Å². The summed E-state index contributed by atoms with van der Waals surface area (Å²) in [6.07, 6.45) is 7.69. The van der Waals surface area contributed by atoms with Crippen LogP contribution in [0.4, 0.5) is 0 Å². The second kappa shape index (κ2) is 5.39. The zero-order chi connectivity index (χ0) is 13.1. The van der Waals surface area contributed by atoms with Crippen molar-refractivity contribution in [1.82, 2.24) is 9.78 Å². The highest BCUT2D eigenvalue weighted by Crippen LogP contribution is 2.34. The van der Waals surface area contributed by atoms with Gasteiger partial charge < -0.3 is 0 Å². The van der Waals surface area contributed by atoms with E-state index in [0.717, 1.165) is 24.1 Å². The standard InChI is InChI=1S/C16H18N2O/c19-12-15-11-18(10-13-6-2-1-3-7-13)17-16(15)14-8-4-5-9-14/h1-3,6-7,11-12,14H,4-5,8-10H2. The molecule has 3 nitrogen and oxygen atoms in total. The number of nitrogens with zero attached hydrogens (tertiary/aromatic N) is 2. The summed E-state index contributed by atoms with van der Waals surface area (Å²) in [4.78, 5) is 11.2. The second-order valence-electron chi connectivity index (χ2n) is 5.25. The molecule has 1 aliphatic rings. The van der Waals surface area contributed by atoms with Crippen molar-refractivity contribution < 1.29 is 4.79 Å². The number of carbonyl (C=O) groups is 1. The van der Waals surface area contributed by atoms with Gasteiger partial charge in [0.25, 0.3) is 0 Å². The Bertz CT molecular complexity index is 553. The van der Waals surface area contributed by atoms with Gasteiger partial charge in [0.05, 0.1) is 17.8 Å². The Kier molecular flexibility index (Phi) is 3.45. The van der Waals surface area contributed by atoms with Gasteiger partial charge in [-0.2, -0.15) is 5.10 Å². The smallest absolute Gasteiger partial charge is 0.153 e. The molecule has 0 atom stereocenters. The topological polar surface area (TPSA) is 34.9 Å². The summed E-state index contributed by atoms with van der Waals surface area (Å²) in [5, 5.41) is 4.64. The van der Waals surface area contributed by atoms with Crippen molar-refractivity contribution in [2.45, 2.75) is 38.1 Å². The lowest BCUT2D eigenvalue weighted by Crippen LogP contribution is -2.02. The van der Waals surface area contributed by atoms with Crippen molar-refractivity contribution >= 4 is 6.29 Å². The minimum absolute atomic E-state index is 0.484. The summed E-state index contributed by atoms with van der Waals surface area (Å²) in [5.74, 6) is 0.484. The van der Waals surface area contributed by atoms with Crippen LogP contribution in [0.3, 0.4) is 0 Å². The molecule has 0 spiro atoms. The van der Waals surface area contributed by atoms with E-state index in [9.17, 15) is 4.79 Å². The number of hydrogen-bond donors (Lipinski definition) is 0. The Morgan fingerprint density at radius 3 is 2.63 bits per heavy atom. The summed E-state index contributed by atoms with van der Waals surface area (Å²) in [6.45, 7) is 0.731. The minimum atomic E-state index is 0.484. The van der Waals surface area contributed by atoms with Crippen LogP contribution in [0.5, 0.6) is 0 Å². The fourth-order valence-corrected chi connectivity index (χ4v) is 2.91. The number of aromatic nitrogens is 2. The lowest BCUT2D eigenvalue weighted by molar-refractivity contribution is 0.112. The number of carbonyl (C=O) groups excluding carboxylic acids is 1. The molecule has 1 fully saturated rings. The molecule has 1 saturated carbocycles. The highest BCUT2D eigenvalue weighted by Gasteiger charge is 2.23. The molecule has 1 aromatic carbocycles. The van der Waals surface area contributed by atoms with Crippen LogP contribution in [0, 0.1) is 0 Å².